The standard InChI is InChI=1S/2C15H10ClN3.C3H4N2S.2Pt/c2*16-11-9-14(12-5-1-3-7-17-12)19-15(10-11)13-6-2-4-8-18-13;6-3-4-1-2-5-3;;/h2*1-10H;1-2H,(H2,4,5,6);;. The molecule has 0 saturated heterocycles. The summed E-state index contributed by atoms with van der Waals surface area (Å²) in [6, 6.07) is 30.0. The van der Waals surface area contributed by atoms with Gasteiger partial charge in [0.05, 0.1) is 45.6 Å². The Morgan fingerprint density at radius 3 is 0.957 bits per heavy atom. The van der Waals surface area contributed by atoms with E-state index in [1.165, 1.54) is 0 Å². The van der Waals surface area contributed by atoms with Crippen LogP contribution in [0.5, 0.6) is 0 Å². The Bertz CT molecular complexity index is 1650. The molecule has 7 heterocycles. The van der Waals surface area contributed by atoms with E-state index in [1.807, 2.05) is 72.8 Å². The minimum atomic E-state index is 0. The number of hydrogen-bond donors (Lipinski definition) is 2. The van der Waals surface area contributed by atoms with E-state index in [0.717, 1.165) is 45.6 Å². The molecule has 7 rings (SSSR count). The van der Waals surface area contributed by atoms with E-state index >= 15 is 0 Å². The molecule has 0 aliphatic heterocycles. The van der Waals surface area contributed by atoms with Crippen molar-refractivity contribution in [3.63, 3.8) is 0 Å². The van der Waals surface area contributed by atoms with Crippen LogP contribution < -0.4 is 0 Å². The van der Waals surface area contributed by atoms with Crippen LogP contribution in [-0.2, 0) is 42.1 Å². The first-order chi connectivity index (χ1) is 21.5. The molecule has 0 radical (unpaired) electrons. The minimum Gasteiger partial charge on any atom is -0.340 e. The maximum Gasteiger partial charge on any atom is 0.162 e. The van der Waals surface area contributed by atoms with E-state index in [1.54, 1.807) is 61.4 Å². The summed E-state index contributed by atoms with van der Waals surface area (Å²) in [5, 5.41) is 1.91. The molecule has 0 saturated carbocycles. The number of nitrogens with zero attached hydrogens (tertiary/aromatic N) is 7. The number of hydrogen-bond acceptors (Lipinski definition) is 8. The number of aromatic amines is 1. The zero-order valence-electron chi connectivity index (χ0n) is 23.7. The quantitative estimate of drug-likeness (QED) is 0.171. The van der Waals surface area contributed by atoms with Gasteiger partial charge in [0.2, 0.25) is 0 Å². The van der Waals surface area contributed by atoms with Gasteiger partial charge in [-0.3, -0.25) is 19.9 Å². The molecule has 0 unspecified atom stereocenters. The fourth-order valence-electron chi connectivity index (χ4n) is 3.83. The topological polar surface area (TPSA) is 106 Å². The summed E-state index contributed by atoms with van der Waals surface area (Å²) in [6.45, 7) is 0. The van der Waals surface area contributed by atoms with Gasteiger partial charge in [-0.1, -0.05) is 47.5 Å². The van der Waals surface area contributed by atoms with E-state index < -0.39 is 0 Å². The maximum absolute atomic E-state index is 6.15. The predicted octanol–water partition coefficient (Wildman–Crippen LogP) is 8.41. The Labute approximate surface area is 310 Å². The number of halogens is 2. The Morgan fingerprint density at radius 2 is 0.761 bits per heavy atom. The first-order valence-electron chi connectivity index (χ1n) is 13.2. The molecule has 0 atom stereocenters. The number of imidazole rings is 1. The number of pyridine rings is 6. The van der Waals surface area contributed by atoms with E-state index in [2.05, 4.69) is 52.5 Å². The molecule has 0 bridgehead atoms. The first kappa shape index (κ1) is 36.9. The summed E-state index contributed by atoms with van der Waals surface area (Å²) in [4.78, 5) is 32.7. The van der Waals surface area contributed by atoms with Gasteiger partial charge in [0.1, 0.15) is 0 Å². The van der Waals surface area contributed by atoms with E-state index in [0.29, 0.717) is 15.2 Å². The molecule has 7 aromatic heterocycles. The number of thiol groups is 1. The van der Waals surface area contributed by atoms with Crippen molar-refractivity contribution in [1.82, 2.24) is 39.9 Å². The number of H-pyrrole nitrogens is 1. The van der Waals surface area contributed by atoms with Crippen molar-refractivity contribution in [3.8, 4) is 45.6 Å². The van der Waals surface area contributed by atoms with Crippen LogP contribution in [0.4, 0.5) is 0 Å². The normalized spacial score (nSPS) is 9.72. The molecule has 0 amide bonds. The summed E-state index contributed by atoms with van der Waals surface area (Å²) in [5.41, 5.74) is 6.15. The molecular weight excluding hydrogens is 1000 g/mol. The van der Waals surface area contributed by atoms with Crippen LogP contribution in [0, 0.1) is 0 Å². The fourth-order valence-corrected chi connectivity index (χ4v) is 4.39. The van der Waals surface area contributed by atoms with Gasteiger partial charge in [-0.05, 0) is 72.8 Å². The predicted molar refractivity (Wildman–Crippen MR) is 177 cm³/mol. The number of rotatable bonds is 4. The molecule has 0 aliphatic rings. The summed E-state index contributed by atoms with van der Waals surface area (Å²) < 4.78 is 0. The molecule has 46 heavy (non-hydrogen) atoms. The number of aromatic nitrogens is 8. The Hall–Kier alpha value is -3.58. The second-order valence-electron chi connectivity index (χ2n) is 8.88. The van der Waals surface area contributed by atoms with E-state index in [-0.39, 0.29) is 42.1 Å². The molecule has 0 aliphatic carbocycles. The average Bonchev–Trinajstić information content (AvgIpc) is 3.57. The van der Waals surface area contributed by atoms with Gasteiger partial charge in [-0.2, -0.15) is 0 Å². The van der Waals surface area contributed by atoms with Crippen LogP contribution in [0.25, 0.3) is 45.6 Å². The Balaban J connectivity index is 0.000000205. The molecule has 8 nitrogen and oxygen atoms in total. The zero-order chi connectivity index (χ0) is 30.6. The van der Waals surface area contributed by atoms with E-state index in [4.69, 9.17) is 23.2 Å². The van der Waals surface area contributed by atoms with Gasteiger partial charge in [0.25, 0.3) is 0 Å². The third-order valence-corrected chi connectivity index (χ3v) is 6.45. The molecule has 0 aromatic carbocycles. The van der Waals surface area contributed by atoms with Crippen molar-refractivity contribution in [1.29, 1.82) is 0 Å². The van der Waals surface area contributed by atoms with Gasteiger partial charge >= 0.3 is 0 Å². The maximum atomic E-state index is 6.15. The van der Waals surface area contributed by atoms with Crippen molar-refractivity contribution in [2.75, 3.05) is 0 Å². The van der Waals surface area contributed by atoms with Crippen LogP contribution in [0.3, 0.4) is 0 Å². The summed E-state index contributed by atoms with van der Waals surface area (Å²) >= 11 is 16.2. The van der Waals surface area contributed by atoms with Crippen LogP contribution >= 0.6 is 35.8 Å². The largest absolute Gasteiger partial charge is 0.340 e. The van der Waals surface area contributed by atoms with Gasteiger partial charge in [-0.25, -0.2) is 15.0 Å². The van der Waals surface area contributed by atoms with Crippen molar-refractivity contribution in [3.05, 3.63) is 144 Å². The smallest absolute Gasteiger partial charge is 0.162 e. The van der Waals surface area contributed by atoms with Gasteiger partial charge in [0.15, 0.2) is 5.16 Å². The third-order valence-electron chi connectivity index (χ3n) is 5.77. The van der Waals surface area contributed by atoms with Crippen molar-refractivity contribution < 1.29 is 42.1 Å². The Morgan fingerprint density at radius 1 is 0.435 bits per heavy atom. The van der Waals surface area contributed by atoms with Crippen LogP contribution in [0.2, 0.25) is 10.0 Å². The molecule has 1 N–H and O–H groups in total. The minimum absolute atomic E-state index is 0. The van der Waals surface area contributed by atoms with E-state index in [9.17, 15) is 0 Å². The summed E-state index contributed by atoms with van der Waals surface area (Å²) in [5.74, 6) is 0. The van der Waals surface area contributed by atoms with Gasteiger partial charge < -0.3 is 4.98 Å². The second kappa shape index (κ2) is 19.2. The molecule has 0 spiro atoms. The van der Waals surface area contributed by atoms with Gasteiger partial charge in [-0.15, -0.1) is 12.6 Å². The SMILES string of the molecule is Clc1cc(-c2ccccn2)nc(-c2ccccn2)c1.Clc1cc(-c2ccccn2)nc(-c2ccccn2)c1.Sc1ncc[nH]1.[Pt].[Pt]. The van der Waals surface area contributed by atoms with Crippen LogP contribution in [0.1, 0.15) is 0 Å². The fraction of sp³-hybridized carbons (Fsp3) is 0. The van der Waals surface area contributed by atoms with Crippen LogP contribution in [0.15, 0.2) is 139 Å². The molecular formula is C33H24Cl2N8Pt2S. The first-order valence-corrected chi connectivity index (χ1v) is 14.4. The van der Waals surface area contributed by atoms with Crippen LogP contribution in [-0.4, -0.2) is 39.9 Å². The summed E-state index contributed by atoms with van der Waals surface area (Å²) in [7, 11) is 0. The molecule has 0 fully saturated rings. The van der Waals surface area contributed by atoms with Crippen molar-refractivity contribution >= 4 is 35.8 Å². The number of nitrogens with one attached hydrogen (secondary N) is 1. The second-order valence-corrected chi connectivity index (χ2v) is 10.2. The average molecular weight is 1030 g/mol. The van der Waals surface area contributed by atoms with Crippen molar-refractivity contribution in [2.45, 2.75) is 5.16 Å². The van der Waals surface area contributed by atoms with Crippen molar-refractivity contribution in [2.24, 2.45) is 0 Å². The van der Waals surface area contributed by atoms with Gasteiger partial charge in [0, 0.05) is 89.4 Å². The summed E-state index contributed by atoms with van der Waals surface area (Å²) in [6.07, 6.45) is 10.3. The monoisotopic (exact) mass is 1020 g/mol. The molecule has 7 aromatic rings. The molecule has 236 valence electrons. The molecule has 13 heteroatoms. The Kier molecular flexibility index (Phi) is 15.4. The zero-order valence-corrected chi connectivity index (χ0v) is 30.6. The third kappa shape index (κ3) is 11.0.